The SMILES string of the molecule is CCC1CCCCN1c1cc(Nc2ccc(C#N)cc2)ncn1. The standard InChI is InChI=1S/C18H21N5/c1-2-16-5-3-4-10-23(16)18-11-17(20-13-21-18)22-15-8-6-14(12-19)7-9-15/h6-9,11,13,16H,2-5,10H2,1H3,(H,20,21,22). The van der Waals surface area contributed by atoms with Gasteiger partial charge < -0.3 is 10.2 Å². The maximum absolute atomic E-state index is 8.85. The molecule has 1 unspecified atom stereocenters. The van der Waals surface area contributed by atoms with Crippen molar-refractivity contribution in [3.8, 4) is 6.07 Å². The molecule has 0 spiro atoms. The van der Waals surface area contributed by atoms with Gasteiger partial charge in [0, 0.05) is 24.3 Å². The molecule has 0 aliphatic carbocycles. The van der Waals surface area contributed by atoms with Gasteiger partial charge >= 0.3 is 0 Å². The summed E-state index contributed by atoms with van der Waals surface area (Å²) in [5.41, 5.74) is 1.57. The van der Waals surface area contributed by atoms with E-state index >= 15 is 0 Å². The highest BCUT2D eigenvalue weighted by atomic mass is 15.2. The second-order valence-corrected chi connectivity index (χ2v) is 5.83. The van der Waals surface area contributed by atoms with Gasteiger partial charge in [-0.05, 0) is 49.9 Å². The number of aromatic nitrogens is 2. The summed E-state index contributed by atoms with van der Waals surface area (Å²) in [6.45, 7) is 3.30. The third kappa shape index (κ3) is 3.59. The van der Waals surface area contributed by atoms with Crippen LogP contribution in [0.5, 0.6) is 0 Å². The van der Waals surface area contributed by atoms with Gasteiger partial charge in [-0.3, -0.25) is 0 Å². The average molecular weight is 307 g/mol. The van der Waals surface area contributed by atoms with Crippen LogP contribution >= 0.6 is 0 Å². The molecule has 0 radical (unpaired) electrons. The number of hydrogen-bond donors (Lipinski definition) is 1. The molecule has 2 heterocycles. The maximum Gasteiger partial charge on any atom is 0.135 e. The lowest BCUT2D eigenvalue weighted by atomic mass is 10.0. The molecule has 23 heavy (non-hydrogen) atoms. The summed E-state index contributed by atoms with van der Waals surface area (Å²) in [5, 5.41) is 12.1. The van der Waals surface area contributed by atoms with Crippen LogP contribution < -0.4 is 10.2 Å². The Balaban J connectivity index is 1.77. The van der Waals surface area contributed by atoms with Crippen LogP contribution in [0.25, 0.3) is 0 Å². The van der Waals surface area contributed by atoms with Gasteiger partial charge in [-0.15, -0.1) is 0 Å². The number of nitriles is 1. The molecule has 1 fully saturated rings. The summed E-state index contributed by atoms with van der Waals surface area (Å²) in [6, 6.07) is 12.1. The van der Waals surface area contributed by atoms with Crippen LogP contribution in [0.15, 0.2) is 36.7 Å². The first-order valence-corrected chi connectivity index (χ1v) is 8.16. The molecule has 118 valence electrons. The third-order valence-electron chi connectivity index (χ3n) is 4.33. The van der Waals surface area contributed by atoms with Crippen molar-refractivity contribution < 1.29 is 0 Å². The van der Waals surface area contributed by atoms with Crippen molar-refractivity contribution in [2.45, 2.75) is 38.6 Å². The van der Waals surface area contributed by atoms with E-state index in [0.717, 1.165) is 30.3 Å². The van der Waals surface area contributed by atoms with Crippen LogP contribution in [0.4, 0.5) is 17.3 Å². The van der Waals surface area contributed by atoms with Crippen molar-refractivity contribution in [1.29, 1.82) is 5.26 Å². The van der Waals surface area contributed by atoms with Gasteiger partial charge in [0.15, 0.2) is 0 Å². The second-order valence-electron chi connectivity index (χ2n) is 5.83. The minimum atomic E-state index is 0.571. The first-order chi connectivity index (χ1) is 11.3. The number of piperidine rings is 1. The molecule has 2 aromatic rings. The van der Waals surface area contributed by atoms with E-state index in [2.05, 4.69) is 33.2 Å². The van der Waals surface area contributed by atoms with Crippen LogP contribution in [0.3, 0.4) is 0 Å². The number of nitrogens with zero attached hydrogens (tertiary/aromatic N) is 4. The van der Waals surface area contributed by atoms with E-state index in [1.54, 1.807) is 18.5 Å². The minimum Gasteiger partial charge on any atom is -0.353 e. The molecular formula is C18H21N5. The van der Waals surface area contributed by atoms with E-state index in [9.17, 15) is 0 Å². The molecule has 0 amide bonds. The highest BCUT2D eigenvalue weighted by Crippen LogP contribution is 2.26. The summed E-state index contributed by atoms with van der Waals surface area (Å²) in [6.07, 6.45) is 6.51. The van der Waals surface area contributed by atoms with E-state index in [0.29, 0.717) is 11.6 Å². The monoisotopic (exact) mass is 307 g/mol. The molecule has 3 rings (SSSR count). The molecule has 5 heteroatoms. The number of benzene rings is 1. The molecule has 1 aliphatic rings. The van der Waals surface area contributed by atoms with E-state index in [1.807, 2.05) is 18.2 Å². The van der Waals surface area contributed by atoms with Gasteiger partial charge in [-0.25, -0.2) is 9.97 Å². The predicted molar refractivity (Wildman–Crippen MR) is 91.7 cm³/mol. The Morgan fingerprint density at radius 2 is 2.09 bits per heavy atom. The number of hydrogen-bond acceptors (Lipinski definition) is 5. The molecule has 1 aromatic carbocycles. The Labute approximate surface area is 137 Å². The van der Waals surface area contributed by atoms with Crippen LogP contribution in [0.1, 0.15) is 38.2 Å². The fourth-order valence-corrected chi connectivity index (χ4v) is 3.08. The highest BCUT2D eigenvalue weighted by molar-refractivity contribution is 5.60. The summed E-state index contributed by atoms with van der Waals surface area (Å²) >= 11 is 0. The van der Waals surface area contributed by atoms with Crippen molar-refractivity contribution in [3.05, 3.63) is 42.2 Å². The molecule has 0 bridgehead atoms. The van der Waals surface area contributed by atoms with E-state index in [1.165, 1.54) is 19.3 Å². The Morgan fingerprint density at radius 3 is 2.83 bits per heavy atom. The molecule has 1 aromatic heterocycles. The van der Waals surface area contributed by atoms with Crippen molar-refractivity contribution >= 4 is 17.3 Å². The lowest BCUT2D eigenvalue weighted by molar-refractivity contribution is 0.446. The Hall–Kier alpha value is -2.61. The predicted octanol–water partition coefficient (Wildman–Crippen LogP) is 3.86. The highest BCUT2D eigenvalue weighted by Gasteiger charge is 2.22. The van der Waals surface area contributed by atoms with Gasteiger partial charge in [0.1, 0.15) is 18.0 Å². The lowest BCUT2D eigenvalue weighted by Crippen LogP contribution is -2.39. The van der Waals surface area contributed by atoms with Crippen LogP contribution in [0.2, 0.25) is 0 Å². The molecule has 1 aliphatic heterocycles. The second kappa shape index (κ2) is 7.10. The van der Waals surface area contributed by atoms with Crippen molar-refractivity contribution in [2.75, 3.05) is 16.8 Å². The summed E-state index contributed by atoms with van der Waals surface area (Å²) in [4.78, 5) is 11.2. The summed E-state index contributed by atoms with van der Waals surface area (Å²) in [5.74, 6) is 1.77. The van der Waals surface area contributed by atoms with Gasteiger partial charge in [0.05, 0.1) is 11.6 Å². The zero-order chi connectivity index (χ0) is 16.1. The van der Waals surface area contributed by atoms with Crippen molar-refractivity contribution in [2.24, 2.45) is 0 Å². The minimum absolute atomic E-state index is 0.571. The number of anilines is 3. The van der Waals surface area contributed by atoms with Crippen LogP contribution in [0, 0.1) is 11.3 Å². The zero-order valence-corrected chi connectivity index (χ0v) is 13.4. The fourth-order valence-electron chi connectivity index (χ4n) is 3.08. The van der Waals surface area contributed by atoms with Crippen molar-refractivity contribution in [1.82, 2.24) is 9.97 Å². The van der Waals surface area contributed by atoms with Gasteiger partial charge in [-0.2, -0.15) is 5.26 Å². The summed E-state index contributed by atoms with van der Waals surface area (Å²) < 4.78 is 0. The maximum atomic E-state index is 8.85. The number of rotatable bonds is 4. The van der Waals surface area contributed by atoms with Crippen molar-refractivity contribution in [3.63, 3.8) is 0 Å². The summed E-state index contributed by atoms with van der Waals surface area (Å²) in [7, 11) is 0. The molecule has 1 saturated heterocycles. The van der Waals surface area contributed by atoms with Crippen LogP contribution in [-0.2, 0) is 0 Å². The topological polar surface area (TPSA) is 64.8 Å². The van der Waals surface area contributed by atoms with Gasteiger partial charge in [-0.1, -0.05) is 6.92 Å². The van der Waals surface area contributed by atoms with E-state index in [4.69, 9.17) is 5.26 Å². The van der Waals surface area contributed by atoms with Crippen LogP contribution in [-0.4, -0.2) is 22.6 Å². The smallest absolute Gasteiger partial charge is 0.135 e. The lowest BCUT2D eigenvalue weighted by Gasteiger charge is -2.36. The molecule has 0 saturated carbocycles. The Morgan fingerprint density at radius 1 is 1.26 bits per heavy atom. The van der Waals surface area contributed by atoms with E-state index in [-0.39, 0.29) is 0 Å². The first-order valence-electron chi connectivity index (χ1n) is 8.16. The Kier molecular flexibility index (Phi) is 4.72. The van der Waals surface area contributed by atoms with Gasteiger partial charge in [0.2, 0.25) is 0 Å². The molecule has 1 N–H and O–H groups in total. The fraction of sp³-hybridized carbons (Fsp3) is 0.389. The zero-order valence-electron chi connectivity index (χ0n) is 13.4. The van der Waals surface area contributed by atoms with Gasteiger partial charge in [0.25, 0.3) is 0 Å². The number of nitrogens with one attached hydrogen (secondary N) is 1. The molecule has 1 atom stereocenters. The normalized spacial score (nSPS) is 17.6. The van der Waals surface area contributed by atoms with E-state index < -0.39 is 0 Å². The largest absolute Gasteiger partial charge is 0.353 e. The quantitative estimate of drug-likeness (QED) is 0.929. The third-order valence-corrected chi connectivity index (χ3v) is 4.33. The molecular weight excluding hydrogens is 286 g/mol. The first kappa shape index (κ1) is 15.3. The molecule has 5 nitrogen and oxygen atoms in total. The average Bonchev–Trinajstić information content (AvgIpc) is 2.62. The Bertz CT molecular complexity index is 689.